The summed E-state index contributed by atoms with van der Waals surface area (Å²) in [6.07, 6.45) is 5.78. The number of aromatic nitrogens is 1. The highest BCUT2D eigenvalue weighted by atomic mass is 16.2. The quantitative estimate of drug-likeness (QED) is 0.878. The van der Waals surface area contributed by atoms with Crippen LogP contribution in [0.2, 0.25) is 0 Å². The van der Waals surface area contributed by atoms with Crippen LogP contribution in [-0.4, -0.2) is 76.9 Å². The maximum Gasteiger partial charge on any atom is 0.317 e. The number of hydrogen-bond acceptors (Lipinski definition) is 4. The normalized spacial score (nSPS) is 19.5. The van der Waals surface area contributed by atoms with Gasteiger partial charge in [-0.05, 0) is 43.9 Å². The van der Waals surface area contributed by atoms with E-state index in [-0.39, 0.29) is 18.0 Å². The number of rotatable bonds is 4. The number of carbonyl (C=O) groups is 2. The summed E-state index contributed by atoms with van der Waals surface area (Å²) in [5.41, 5.74) is 2.16. The molecule has 7 nitrogen and oxygen atoms in total. The van der Waals surface area contributed by atoms with Gasteiger partial charge in [-0.3, -0.25) is 14.7 Å². The molecule has 3 amide bonds. The number of nitrogens with zero attached hydrogens (tertiary/aromatic N) is 4. The maximum absolute atomic E-state index is 12.5. The van der Waals surface area contributed by atoms with E-state index in [0.717, 1.165) is 50.1 Å². The lowest BCUT2D eigenvalue weighted by Crippen LogP contribution is -2.56. The minimum Gasteiger partial charge on any atom is -0.341 e. The highest BCUT2D eigenvalue weighted by molar-refractivity contribution is 5.81. The first-order valence-electron chi connectivity index (χ1n) is 9.51. The predicted molar refractivity (Wildman–Crippen MR) is 99.6 cm³/mol. The molecule has 2 aliphatic rings. The van der Waals surface area contributed by atoms with Gasteiger partial charge in [-0.1, -0.05) is 0 Å². The molecule has 3 rings (SSSR count). The topological polar surface area (TPSA) is 68.8 Å². The zero-order valence-electron chi connectivity index (χ0n) is 15.8. The first-order chi connectivity index (χ1) is 12.6. The van der Waals surface area contributed by atoms with E-state index in [2.05, 4.69) is 15.2 Å². The predicted octanol–water partition coefficient (Wildman–Crippen LogP) is 1.23. The Morgan fingerprint density at radius 1 is 1.12 bits per heavy atom. The average Bonchev–Trinajstić information content (AvgIpc) is 3.21. The molecular formula is C19H29N5O2. The Balaban J connectivity index is 1.44. The molecule has 142 valence electrons. The van der Waals surface area contributed by atoms with Crippen molar-refractivity contribution in [1.29, 1.82) is 0 Å². The molecule has 1 N–H and O–H groups in total. The molecule has 1 atom stereocenters. The van der Waals surface area contributed by atoms with Crippen LogP contribution in [0.15, 0.2) is 18.5 Å². The molecule has 1 unspecified atom stereocenters. The van der Waals surface area contributed by atoms with Crippen LogP contribution in [0.1, 0.15) is 30.9 Å². The highest BCUT2D eigenvalue weighted by Crippen LogP contribution is 2.14. The van der Waals surface area contributed by atoms with Crippen LogP contribution in [0, 0.1) is 6.92 Å². The van der Waals surface area contributed by atoms with Crippen LogP contribution in [0.25, 0.3) is 0 Å². The smallest absolute Gasteiger partial charge is 0.317 e. The molecule has 2 aliphatic heterocycles. The molecule has 0 aliphatic carbocycles. The number of hydrogen-bond donors (Lipinski definition) is 1. The van der Waals surface area contributed by atoms with E-state index < -0.39 is 0 Å². The lowest BCUT2D eigenvalue weighted by atomic mass is 10.1. The highest BCUT2D eigenvalue weighted by Gasteiger charge is 2.30. The Bertz CT molecular complexity index is 637. The fraction of sp³-hybridized carbons (Fsp3) is 0.632. The molecule has 0 spiro atoms. The minimum atomic E-state index is -0.0993. The van der Waals surface area contributed by atoms with Crippen molar-refractivity contribution in [2.24, 2.45) is 0 Å². The van der Waals surface area contributed by atoms with Gasteiger partial charge in [0.1, 0.15) is 0 Å². The van der Waals surface area contributed by atoms with Crippen molar-refractivity contribution >= 4 is 11.9 Å². The standard InChI is InChI=1S/C19H29N5O2/c1-15-13-20-6-5-17(15)14-21-19(26)24-11-9-22(10-12-24)16(2)18(25)23-7-3-4-8-23/h5-6,13,16H,3-4,7-12,14H2,1-2H3,(H,21,26). The summed E-state index contributed by atoms with van der Waals surface area (Å²) < 4.78 is 0. The van der Waals surface area contributed by atoms with Gasteiger partial charge in [-0.2, -0.15) is 0 Å². The molecule has 0 bridgehead atoms. The molecular weight excluding hydrogens is 330 g/mol. The Hall–Kier alpha value is -2.15. The molecule has 0 aromatic carbocycles. The number of amides is 3. The van der Waals surface area contributed by atoms with Gasteiger partial charge in [-0.25, -0.2) is 4.79 Å². The number of likely N-dealkylation sites (tertiary alicyclic amines) is 1. The minimum absolute atomic E-state index is 0.0422. The van der Waals surface area contributed by atoms with E-state index in [0.29, 0.717) is 19.6 Å². The van der Waals surface area contributed by atoms with Crippen molar-refractivity contribution in [3.8, 4) is 0 Å². The van der Waals surface area contributed by atoms with Crippen LogP contribution in [-0.2, 0) is 11.3 Å². The largest absolute Gasteiger partial charge is 0.341 e. The summed E-state index contributed by atoms with van der Waals surface area (Å²) in [6, 6.07) is 1.79. The Kier molecular flexibility index (Phi) is 6.08. The molecule has 26 heavy (non-hydrogen) atoms. The van der Waals surface area contributed by atoms with Gasteiger partial charge < -0.3 is 15.1 Å². The number of aryl methyl sites for hydroxylation is 1. The van der Waals surface area contributed by atoms with E-state index in [4.69, 9.17) is 0 Å². The van der Waals surface area contributed by atoms with Crippen molar-refractivity contribution in [3.05, 3.63) is 29.6 Å². The number of carbonyl (C=O) groups excluding carboxylic acids is 2. The van der Waals surface area contributed by atoms with Crippen molar-refractivity contribution in [2.75, 3.05) is 39.3 Å². The second-order valence-corrected chi connectivity index (χ2v) is 7.19. The van der Waals surface area contributed by atoms with Crippen LogP contribution >= 0.6 is 0 Å². The van der Waals surface area contributed by atoms with Crippen molar-refractivity contribution in [3.63, 3.8) is 0 Å². The Morgan fingerprint density at radius 2 is 1.81 bits per heavy atom. The van der Waals surface area contributed by atoms with Crippen molar-refractivity contribution in [2.45, 2.75) is 39.3 Å². The third-order valence-electron chi connectivity index (χ3n) is 5.49. The molecule has 1 aromatic rings. The lowest BCUT2D eigenvalue weighted by Gasteiger charge is -2.38. The van der Waals surface area contributed by atoms with Gasteiger partial charge >= 0.3 is 6.03 Å². The summed E-state index contributed by atoms with van der Waals surface area (Å²) >= 11 is 0. The summed E-state index contributed by atoms with van der Waals surface area (Å²) in [6.45, 7) is 9.05. The van der Waals surface area contributed by atoms with E-state index in [1.807, 2.05) is 29.7 Å². The van der Waals surface area contributed by atoms with Crippen molar-refractivity contribution in [1.82, 2.24) is 25.0 Å². The number of nitrogens with one attached hydrogen (secondary N) is 1. The van der Waals surface area contributed by atoms with E-state index in [1.165, 1.54) is 0 Å². The van der Waals surface area contributed by atoms with E-state index >= 15 is 0 Å². The lowest BCUT2D eigenvalue weighted by molar-refractivity contribution is -0.135. The molecule has 0 saturated carbocycles. The molecule has 2 fully saturated rings. The second kappa shape index (κ2) is 8.49. The number of urea groups is 1. The van der Waals surface area contributed by atoms with Gasteiger partial charge in [-0.15, -0.1) is 0 Å². The molecule has 0 radical (unpaired) electrons. The SMILES string of the molecule is Cc1cnccc1CNC(=O)N1CCN(C(C)C(=O)N2CCCC2)CC1. The third kappa shape index (κ3) is 4.33. The van der Waals surface area contributed by atoms with Crippen LogP contribution < -0.4 is 5.32 Å². The van der Waals surface area contributed by atoms with Gasteiger partial charge in [0, 0.05) is 58.2 Å². The zero-order valence-corrected chi connectivity index (χ0v) is 15.8. The average molecular weight is 359 g/mol. The molecule has 2 saturated heterocycles. The fourth-order valence-electron chi connectivity index (χ4n) is 3.65. The Morgan fingerprint density at radius 3 is 2.46 bits per heavy atom. The molecule has 7 heteroatoms. The van der Waals surface area contributed by atoms with E-state index in [9.17, 15) is 9.59 Å². The zero-order chi connectivity index (χ0) is 18.5. The van der Waals surface area contributed by atoms with Crippen LogP contribution in [0.5, 0.6) is 0 Å². The van der Waals surface area contributed by atoms with Gasteiger partial charge in [0.2, 0.25) is 5.91 Å². The Labute approximate surface area is 155 Å². The first kappa shape index (κ1) is 18.6. The van der Waals surface area contributed by atoms with Crippen LogP contribution in [0.3, 0.4) is 0 Å². The molecule has 3 heterocycles. The van der Waals surface area contributed by atoms with Gasteiger partial charge in [0.05, 0.1) is 6.04 Å². The first-order valence-corrected chi connectivity index (χ1v) is 9.51. The second-order valence-electron chi connectivity index (χ2n) is 7.19. The number of pyridine rings is 1. The monoisotopic (exact) mass is 359 g/mol. The van der Waals surface area contributed by atoms with Gasteiger partial charge in [0.25, 0.3) is 0 Å². The molecule has 1 aromatic heterocycles. The number of piperazine rings is 1. The van der Waals surface area contributed by atoms with E-state index in [1.54, 1.807) is 12.4 Å². The third-order valence-corrected chi connectivity index (χ3v) is 5.49. The van der Waals surface area contributed by atoms with Crippen molar-refractivity contribution < 1.29 is 9.59 Å². The summed E-state index contributed by atoms with van der Waals surface area (Å²) in [4.78, 5) is 35.0. The maximum atomic E-state index is 12.5. The fourth-order valence-corrected chi connectivity index (χ4v) is 3.65. The summed E-state index contributed by atoms with van der Waals surface area (Å²) in [5, 5.41) is 2.99. The van der Waals surface area contributed by atoms with Crippen LogP contribution in [0.4, 0.5) is 4.79 Å². The van der Waals surface area contributed by atoms with Gasteiger partial charge in [0.15, 0.2) is 0 Å². The summed E-state index contributed by atoms with van der Waals surface area (Å²) in [5.74, 6) is 0.230. The summed E-state index contributed by atoms with van der Waals surface area (Å²) in [7, 11) is 0.